The largest absolute Gasteiger partial charge is 0.356 e. The van der Waals surface area contributed by atoms with Crippen molar-refractivity contribution >= 4 is 22.8 Å². The third-order valence-corrected chi connectivity index (χ3v) is 6.10. The second-order valence-electron chi connectivity index (χ2n) is 7.66. The van der Waals surface area contributed by atoms with Gasteiger partial charge in [0, 0.05) is 39.6 Å². The van der Waals surface area contributed by atoms with Crippen LogP contribution in [0, 0.1) is 5.92 Å². The highest BCUT2D eigenvalue weighted by Gasteiger charge is 2.33. The van der Waals surface area contributed by atoms with Crippen molar-refractivity contribution in [2.45, 2.75) is 51.5 Å². The number of piperidine rings is 1. The average Bonchev–Trinajstić information content (AvgIpc) is 2.88. The summed E-state index contributed by atoms with van der Waals surface area (Å²) in [6.45, 7) is 4.62. The molecule has 0 bridgehead atoms. The molecule has 7 nitrogen and oxygen atoms in total. The quantitative estimate of drug-likeness (QED) is 0.826. The second-order valence-corrected chi connectivity index (χ2v) is 7.66. The third kappa shape index (κ3) is 3.15. The van der Waals surface area contributed by atoms with Crippen LogP contribution in [-0.4, -0.2) is 56.2 Å². The normalized spacial score (nSPS) is 22.6. The van der Waals surface area contributed by atoms with Crippen molar-refractivity contribution in [3.63, 3.8) is 0 Å². The molecule has 0 N–H and O–H groups in total. The van der Waals surface area contributed by atoms with E-state index in [1.165, 1.54) is 12.8 Å². The van der Waals surface area contributed by atoms with Crippen LogP contribution in [0.15, 0.2) is 12.5 Å². The summed E-state index contributed by atoms with van der Waals surface area (Å²) in [6.07, 6.45) is 10.5. The number of aromatic nitrogens is 4. The van der Waals surface area contributed by atoms with E-state index >= 15 is 0 Å². The number of anilines is 1. The third-order valence-electron chi connectivity index (χ3n) is 6.10. The second kappa shape index (κ2) is 7.21. The highest BCUT2D eigenvalue weighted by Crippen LogP contribution is 2.32. The molecule has 2 aliphatic heterocycles. The molecule has 0 aliphatic carbocycles. The zero-order valence-electron chi connectivity index (χ0n) is 15.8. The minimum atomic E-state index is 0.243. The molecule has 0 spiro atoms. The molecule has 4 heterocycles. The molecule has 2 aromatic rings. The van der Waals surface area contributed by atoms with Gasteiger partial charge in [-0.1, -0.05) is 12.8 Å². The van der Waals surface area contributed by atoms with E-state index in [1.54, 1.807) is 17.9 Å². The smallest absolute Gasteiger partial charge is 0.219 e. The molecule has 140 valence electrons. The van der Waals surface area contributed by atoms with Gasteiger partial charge in [0.2, 0.25) is 5.91 Å². The summed E-state index contributed by atoms with van der Waals surface area (Å²) < 4.78 is 1.80. The Kier molecular flexibility index (Phi) is 4.78. The van der Waals surface area contributed by atoms with E-state index in [0.717, 1.165) is 62.2 Å². The molecule has 4 rings (SSSR count). The summed E-state index contributed by atoms with van der Waals surface area (Å²) in [6, 6.07) is 0.418. The first kappa shape index (κ1) is 17.2. The van der Waals surface area contributed by atoms with Crippen LogP contribution >= 0.6 is 0 Å². The summed E-state index contributed by atoms with van der Waals surface area (Å²) in [5, 5.41) is 5.34. The van der Waals surface area contributed by atoms with Crippen LogP contribution < -0.4 is 4.90 Å². The van der Waals surface area contributed by atoms with E-state index in [4.69, 9.17) is 0 Å². The van der Waals surface area contributed by atoms with E-state index in [0.29, 0.717) is 12.0 Å². The molecule has 26 heavy (non-hydrogen) atoms. The first-order valence-electron chi connectivity index (χ1n) is 9.80. The summed E-state index contributed by atoms with van der Waals surface area (Å²) in [5.41, 5.74) is 0.878. The first-order chi connectivity index (χ1) is 12.6. The Hall–Kier alpha value is -2.18. The number of nitrogens with zero attached hydrogens (tertiary/aromatic N) is 6. The molecule has 0 unspecified atom stereocenters. The minimum absolute atomic E-state index is 0.243. The molecule has 2 aromatic heterocycles. The van der Waals surface area contributed by atoms with E-state index in [1.807, 2.05) is 13.2 Å². The summed E-state index contributed by atoms with van der Waals surface area (Å²) >= 11 is 0. The molecular weight excluding hydrogens is 328 g/mol. The predicted molar refractivity (Wildman–Crippen MR) is 101 cm³/mol. The van der Waals surface area contributed by atoms with Gasteiger partial charge in [-0.25, -0.2) is 9.97 Å². The van der Waals surface area contributed by atoms with Crippen LogP contribution in [0.5, 0.6) is 0 Å². The molecule has 0 radical (unpaired) electrons. The maximum atomic E-state index is 12.1. The van der Waals surface area contributed by atoms with Gasteiger partial charge in [0.05, 0.1) is 11.6 Å². The van der Waals surface area contributed by atoms with Crippen molar-refractivity contribution < 1.29 is 4.79 Å². The molecule has 1 amide bonds. The van der Waals surface area contributed by atoms with Gasteiger partial charge >= 0.3 is 0 Å². The van der Waals surface area contributed by atoms with Crippen molar-refractivity contribution in [2.75, 3.05) is 24.5 Å². The number of rotatable bonds is 2. The maximum absolute atomic E-state index is 12.1. The van der Waals surface area contributed by atoms with Gasteiger partial charge in [-0.2, -0.15) is 5.10 Å². The number of fused-ring (bicyclic) bond motifs is 1. The summed E-state index contributed by atoms with van der Waals surface area (Å²) in [7, 11) is 1.91. The van der Waals surface area contributed by atoms with Crippen molar-refractivity contribution in [3.05, 3.63) is 12.5 Å². The van der Waals surface area contributed by atoms with Gasteiger partial charge in [-0.05, 0) is 31.6 Å². The Morgan fingerprint density at radius 1 is 1.08 bits per heavy atom. The maximum Gasteiger partial charge on any atom is 0.219 e. The number of likely N-dealkylation sites (tertiary alicyclic amines) is 1. The number of carbonyl (C=O) groups is 1. The van der Waals surface area contributed by atoms with E-state index < -0.39 is 0 Å². The predicted octanol–water partition coefficient (Wildman–Crippen LogP) is 2.37. The molecule has 2 saturated heterocycles. The van der Waals surface area contributed by atoms with Crippen LogP contribution in [0.1, 0.15) is 45.4 Å². The van der Waals surface area contributed by atoms with Gasteiger partial charge < -0.3 is 9.80 Å². The Labute approximate surface area is 154 Å². The van der Waals surface area contributed by atoms with Crippen LogP contribution in [0.25, 0.3) is 11.0 Å². The lowest BCUT2D eigenvalue weighted by molar-refractivity contribution is -0.132. The van der Waals surface area contributed by atoms with Crippen LogP contribution in [-0.2, 0) is 11.8 Å². The zero-order chi connectivity index (χ0) is 18.1. The van der Waals surface area contributed by atoms with Crippen molar-refractivity contribution in [1.29, 1.82) is 0 Å². The minimum Gasteiger partial charge on any atom is -0.356 e. The highest BCUT2D eigenvalue weighted by atomic mass is 16.2. The van der Waals surface area contributed by atoms with Crippen LogP contribution in [0.3, 0.4) is 0 Å². The van der Waals surface area contributed by atoms with E-state index in [9.17, 15) is 4.79 Å². The number of amides is 1. The first-order valence-corrected chi connectivity index (χ1v) is 9.80. The molecule has 0 saturated carbocycles. The summed E-state index contributed by atoms with van der Waals surface area (Å²) in [5.74, 6) is 1.83. The van der Waals surface area contributed by atoms with Gasteiger partial charge in [0.15, 0.2) is 5.65 Å². The average molecular weight is 356 g/mol. The van der Waals surface area contributed by atoms with Crippen molar-refractivity contribution in [3.8, 4) is 0 Å². The fourth-order valence-corrected chi connectivity index (χ4v) is 4.71. The summed E-state index contributed by atoms with van der Waals surface area (Å²) in [4.78, 5) is 25.5. The standard InChI is InChI=1S/C19H28N6O/c1-14(26)25-9-5-3-4-6-17(25)15-7-10-24(11-8-15)19-16-12-22-23(2)18(16)20-13-21-19/h12-13,15,17H,3-11H2,1-2H3/t17-/m0/s1. The number of carbonyl (C=O) groups excluding carboxylic acids is 1. The fraction of sp³-hybridized carbons (Fsp3) is 0.684. The van der Waals surface area contributed by atoms with Crippen LogP contribution in [0.2, 0.25) is 0 Å². The van der Waals surface area contributed by atoms with Crippen LogP contribution in [0.4, 0.5) is 5.82 Å². The topological polar surface area (TPSA) is 67.2 Å². The Balaban J connectivity index is 1.48. The van der Waals surface area contributed by atoms with Crippen molar-refractivity contribution in [1.82, 2.24) is 24.6 Å². The molecule has 7 heteroatoms. The van der Waals surface area contributed by atoms with Crippen molar-refractivity contribution in [2.24, 2.45) is 13.0 Å². The molecular formula is C19H28N6O. The SMILES string of the molecule is CC(=O)N1CCCCC[C@H]1C1CCN(c2ncnc3c2cnn3C)CC1. The monoisotopic (exact) mass is 356 g/mol. The fourth-order valence-electron chi connectivity index (χ4n) is 4.71. The van der Waals surface area contributed by atoms with Gasteiger partial charge in [-0.3, -0.25) is 9.48 Å². The molecule has 2 aliphatic rings. The zero-order valence-corrected chi connectivity index (χ0v) is 15.8. The van der Waals surface area contributed by atoms with E-state index in [2.05, 4.69) is 24.9 Å². The molecule has 1 atom stereocenters. The lowest BCUT2D eigenvalue weighted by atomic mass is 9.86. The number of hydrogen-bond donors (Lipinski definition) is 0. The Morgan fingerprint density at radius 3 is 2.65 bits per heavy atom. The highest BCUT2D eigenvalue weighted by molar-refractivity contribution is 5.86. The molecule has 2 fully saturated rings. The lowest BCUT2D eigenvalue weighted by Gasteiger charge is -2.40. The number of aryl methyl sites for hydroxylation is 1. The van der Waals surface area contributed by atoms with E-state index in [-0.39, 0.29) is 5.91 Å². The number of hydrogen-bond acceptors (Lipinski definition) is 5. The Morgan fingerprint density at radius 2 is 1.88 bits per heavy atom. The van der Waals surface area contributed by atoms with Gasteiger partial charge in [0.25, 0.3) is 0 Å². The Bertz CT molecular complexity index is 779. The lowest BCUT2D eigenvalue weighted by Crippen LogP contribution is -2.47. The van der Waals surface area contributed by atoms with Gasteiger partial charge in [0.1, 0.15) is 12.1 Å². The van der Waals surface area contributed by atoms with Gasteiger partial charge in [-0.15, -0.1) is 0 Å². The molecule has 0 aromatic carbocycles.